The monoisotopic (exact) mass is 247 g/mol. The van der Waals surface area contributed by atoms with Crippen molar-refractivity contribution in [2.24, 2.45) is 5.92 Å². The highest BCUT2D eigenvalue weighted by molar-refractivity contribution is 5.92. The molecule has 3 atom stereocenters. The number of aromatic nitrogens is 1. The number of carbonyl (C=O) groups is 1. The lowest BCUT2D eigenvalue weighted by Crippen LogP contribution is -2.49. The Morgan fingerprint density at radius 1 is 1.56 bits per heavy atom. The Kier molecular flexibility index (Phi) is 3.68. The van der Waals surface area contributed by atoms with Crippen molar-refractivity contribution in [2.75, 3.05) is 0 Å². The Bertz CT molecular complexity index is 465. The largest absolute Gasteiger partial charge is 0.391 e. The summed E-state index contributed by atoms with van der Waals surface area (Å²) in [6, 6.07) is 4.87. The average molecular weight is 247 g/mol. The van der Waals surface area contributed by atoms with Crippen molar-refractivity contribution in [3.8, 4) is 6.07 Å². The zero-order valence-corrected chi connectivity index (χ0v) is 10.3. The summed E-state index contributed by atoms with van der Waals surface area (Å²) in [6.45, 7) is 2.03. The minimum atomic E-state index is -0.483. The molecule has 0 spiro atoms. The molecule has 1 aromatic rings. The first-order chi connectivity index (χ1) is 8.61. The van der Waals surface area contributed by atoms with Gasteiger partial charge in [0.05, 0.1) is 12.1 Å². The normalized spacial score (nSPS) is 27.5. The van der Waals surface area contributed by atoms with E-state index < -0.39 is 6.10 Å². The zero-order valence-electron chi connectivity index (χ0n) is 10.3. The first-order valence-corrected chi connectivity index (χ1v) is 6.20. The average Bonchev–Trinajstić information content (AvgIpc) is 2.82. The van der Waals surface area contributed by atoms with Crippen molar-refractivity contribution in [1.29, 1.82) is 5.26 Å². The van der Waals surface area contributed by atoms with Crippen LogP contribution in [0.4, 0.5) is 0 Å². The molecule has 0 radical (unpaired) electrons. The molecular formula is C13H17N3O2. The van der Waals surface area contributed by atoms with Crippen LogP contribution in [0.5, 0.6) is 0 Å². The second-order valence-electron chi connectivity index (χ2n) is 4.87. The lowest BCUT2D eigenvalue weighted by Gasteiger charge is -2.33. The molecule has 1 aromatic heterocycles. The number of amides is 1. The van der Waals surface area contributed by atoms with Gasteiger partial charge in [-0.2, -0.15) is 5.26 Å². The Labute approximate surface area is 106 Å². The van der Waals surface area contributed by atoms with Crippen LogP contribution in [0, 0.1) is 17.2 Å². The van der Waals surface area contributed by atoms with Crippen LogP contribution in [0.3, 0.4) is 0 Å². The molecule has 0 bridgehead atoms. The van der Waals surface area contributed by atoms with Gasteiger partial charge in [-0.05, 0) is 30.9 Å². The Morgan fingerprint density at radius 3 is 2.94 bits per heavy atom. The van der Waals surface area contributed by atoms with E-state index in [0.29, 0.717) is 11.4 Å². The number of H-pyrrole nitrogens is 1. The maximum absolute atomic E-state index is 12.0. The second-order valence-corrected chi connectivity index (χ2v) is 4.87. The number of nitrogens with one attached hydrogen (secondary N) is 2. The van der Waals surface area contributed by atoms with E-state index in [0.717, 1.165) is 19.3 Å². The Morgan fingerprint density at radius 2 is 2.33 bits per heavy atom. The van der Waals surface area contributed by atoms with Gasteiger partial charge in [-0.1, -0.05) is 13.3 Å². The number of rotatable bonds is 2. The number of aliphatic hydroxyl groups is 1. The van der Waals surface area contributed by atoms with Crippen molar-refractivity contribution >= 4 is 5.91 Å². The van der Waals surface area contributed by atoms with Crippen LogP contribution in [0.15, 0.2) is 12.1 Å². The molecule has 96 valence electrons. The summed E-state index contributed by atoms with van der Waals surface area (Å²) in [5, 5.41) is 21.4. The molecule has 2 rings (SSSR count). The molecule has 1 fully saturated rings. The van der Waals surface area contributed by atoms with Gasteiger partial charge in [0.25, 0.3) is 5.91 Å². The topological polar surface area (TPSA) is 88.9 Å². The van der Waals surface area contributed by atoms with Gasteiger partial charge in [0, 0.05) is 0 Å². The molecule has 1 heterocycles. The summed E-state index contributed by atoms with van der Waals surface area (Å²) >= 11 is 0. The van der Waals surface area contributed by atoms with Crippen molar-refractivity contribution in [2.45, 2.75) is 38.3 Å². The molecule has 3 N–H and O–H groups in total. The predicted octanol–water partition coefficient (Wildman–Crippen LogP) is 1.17. The van der Waals surface area contributed by atoms with Gasteiger partial charge in [-0.25, -0.2) is 0 Å². The van der Waals surface area contributed by atoms with Crippen LogP contribution >= 0.6 is 0 Å². The van der Waals surface area contributed by atoms with Gasteiger partial charge < -0.3 is 15.4 Å². The van der Waals surface area contributed by atoms with Gasteiger partial charge in [-0.15, -0.1) is 0 Å². The molecule has 18 heavy (non-hydrogen) atoms. The Hall–Kier alpha value is -1.80. The van der Waals surface area contributed by atoms with Crippen LogP contribution in [0.1, 0.15) is 42.4 Å². The molecule has 1 aliphatic rings. The fraction of sp³-hybridized carbons (Fsp3) is 0.538. The maximum atomic E-state index is 12.0. The molecule has 1 aliphatic carbocycles. The lowest BCUT2D eigenvalue weighted by atomic mass is 9.83. The van der Waals surface area contributed by atoms with E-state index in [1.54, 1.807) is 12.1 Å². The summed E-state index contributed by atoms with van der Waals surface area (Å²) in [5.74, 6) is -0.00241. The first-order valence-electron chi connectivity index (χ1n) is 6.20. The maximum Gasteiger partial charge on any atom is 0.268 e. The lowest BCUT2D eigenvalue weighted by molar-refractivity contribution is 0.0542. The SMILES string of the molecule is CC1CCCC(O)C1NC(=O)c1ccc(C#N)[nH]1. The van der Waals surface area contributed by atoms with Crippen LogP contribution < -0.4 is 5.32 Å². The standard InChI is InChI=1S/C13H17N3O2/c1-8-3-2-4-11(17)12(8)16-13(18)10-6-5-9(7-14)15-10/h5-6,8,11-12,15,17H,2-4H2,1H3,(H,16,18). The predicted molar refractivity (Wildman–Crippen MR) is 65.8 cm³/mol. The number of carbonyl (C=O) groups excluding carboxylic acids is 1. The summed E-state index contributed by atoms with van der Waals surface area (Å²) in [5.41, 5.74) is 0.717. The molecule has 5 heteroatoms. The van der Waals surface area contributed by atoms with Gasteiger partial charge in [0.15, 0.2) is 0 Å². The molecule has 5 nitrogen and oxygen atoms in total. The van der Waals surface area contributed by atoms with Crippen molar-refractivity contribution < 1.29 is 9.90 Å². The minimum absolute atomic E-state index is 0.208. The molecule has 1 saturated carbocycles. The van der Waals surface area contributed by atoms with E-state index in [4.69, 9.17) is 5.26 Å². The highest BCUT2D eigenvalue weighted by Gasteiger charge is 2.30. The minimum Gasteiger partial charge on any atom is -0.391 e. The highest BCUT2D eigenvalue weighted by atomic mass is 16.3. The third kappa shape index (κ3) is 2.54. The molecule has 1 amide bonds. The summed E-state index contributed by atoms with van der Waals surface area (Å²) in [6.07, 6.45) is 2.25. The number of aliphatic hydroxyl groups excluding tert-OH is 1. The van der Waals surface area contributed by atoms with Crippen LogP contribution in [0.2, 0.25) is 0 Å². The number of nitrogens with zero attached hydrogens (tertiary/aromatic N) is 1. The highest BCUT2D eigenvalue weighted by Crippen LogP contribution is 2.24. The number of hydrogen-bond donors (Lipinski definition) is 3. The first kappa shape index (κ1) is 12.7. The van der Waals surface area contributed by atoms with E-state index in [9.17, 15) is 9.90 Å². The van der Waals surface area contributed by atoms with Crippen LogP contribution in [0.25, 0.3) is 0 Å². The second kappa shape index (κ2) is 5.23. The van der Waals surface area contributed by atoms with Crippen molar-refractivity contribution in [3.63, 3.8) is 0 Å². The van der Waals surface area contributed by atoms with Gasteiger partial charge in [-0.3, -0.25) is 4.79 Å². The smallest absolute Gasteiger partial charge is 0.268 e. The van der Waals surface area contributed by atoms with Crippen LogP contribution in [-0.4, -0.2) is 28.1 Å². The number of hydrogen-bond acceptors (Lipinski definition) is 3. The van der Waals surface area contributed by atoms with Gasteiger partial charge in [0.1, 0.15) is 17.5 Å². The van der Waals surface area contributed by atoms with E-state index in [-0.39, 0.29) is 17.9 Å². The van der Waals surface area contributed by atoms with Crippen molar-refractivity contribution in [3.05, 3.63) is 23.5 Å². The van der Waals surface area contributed by atoms with Gasteiger partial charge >= 0.3 is 0 Å². The Balaban J connectivity index is 2.04. The third-order valence-corrected chi connectivity index (χ3v) is 3.54. The number of nitriles is 1. The zero-order chi connectivity index (χ0) is 13.1. The molecular weight excluding hydrogens is 230 g/mol. The van der Waals surface area contributed by atoms with E-state index in [1.165, 1.54) is 0 Å². The molecule has 0 aliphatic heterocycles. The molecule has 0 aromatic carbocycles. The van der Waals surface area contributed by atoms with Gasteiger partial charge in [0.2, 0.25) is 0 Å². The fourth-order valence-corrected chi connectivity index (χ4v) is 2.45. The third-order valence-electron chi connectivity index (χ3n) is 3.54. The fourth-order valence-electron chi connectivity index (χ4n) is 2.45. The molecule has 0 saturated heterocycles. The van der Waals surface area contributed by atoms with Crippen LogP contribution in [-0.2, 0) is 0 Å². The van der Waals surface area contributed by atoms with E-state index in [1.807, 2.05) is 13.0 Å². The van der Waals surface area contributed by atoms with E-state index >= 15 is 0 Å². The van der Waals surface area contributed by atoms with Crippen molar-refractivity contribution in [1.82, 2.24) is 10.3 Å². The summed E-state index contributed by atoms with van der Waals surface area (Å²) in [7, 11) is 0. The molecule has 3 unspecified atom stereocenters. The summed E-state index contributed by atoms with van der Waals surface area (Å²) in [4.78, 5) is 14.7. The van der Waals surface area contributed by atoms with E-state index in [2.05, 4.69) is 10.3 Å². The quantitative estimate of drug-likeness (QED) is 0.732. The summed E-state index contributed by atoms with van der Waals surface area (Å²) < 4.78 is 0. The number of aromatic amines is 1.